The minimum Gasteiger partial charge on any atom is -0.302 e. The first-order valence-corrected chi connectivity index (χ1v) is 42.5. The second-order valence-corrected chi connectivity index (χ2v) is 40.5. The van der Waals surface area contributed by atoms with E-state index in [-0.39, 0.29) is 43.3 Å². The second-order valence-electron chi connectivity index (χ2n) is 37.9. The van der Waals surface area contributed by atoms with Crippen molar-refractivity contribution in [2.75, 3.05) is 0 Å². The van der Waals surface area contributed by atoms with E-state index in [1.54, 1.807) is 0 Å². The Balaban J connectivity index is 0.000000182. The van der Waals surface area contributed by atoms with E-state index in [1.807, 2.05) is 0 Å². The van der Waals surface area contributed by atoms with Gasteiger partial charge in [0, 0.05) is 0 Å². The lowest BCUT2D eigenvalue weighted by atomic mass is 9.77. The molecule has 0 spiro atoms. The van der Waals surface area contributed by atoms with Gasteiger partial charge in [-0.2, -0.15) is 4.31 Å². The summed E-state index contributed by atoms with van der Waals surface area (Å²) >= 11 is 0. The van der Waals surface area contributed by atoms with Crippen molar-refractivity contribution < 1.29 is 33.0 Å². The van der Waals surface area contributed by atoms with Crippen molar-refractivity contribution in [1.82, 2.24) is 0 Å². The Morgan fingerprint density at radius 3 is 0.451 bits per heavy atom. The molecule has 113 heavy (non-hydrogen) atoms. The molecule has 0 aliphatic heterocycles. The van der Waals surface area contributed by atoms with Crippen LogP contribution in [0.1, 0.15) is 211 Å². The van der Waals surface area contributed by atoms with Gasteiger partial charge in [0.15, 0.2) is 0 Å². The molecule has 0 aliphatic carbocycles. The molecule has 0 aliphatic rings. The van der Waals surface area contributed by atoms with E-state index in [0.29, 0.717) is 0 Å². The Hall–Kier alpha value is -9.10. The summed E-state index contributed by atoms with van der Waals surface area (Å²) in [6.07, 6.45) is 0. The number of hydrogen-bond acceptors (Lipinski definition) is 3. The Bertz CT molecular complexity index is 4520. The normalized spacial score (nSPS) is 12.4. The molecule has 4 N–H and O–H groups in total. The van der Waals surface area contributed by atoms with Crippen LogP contribution in [0.2, 0.25) is 0 Å². The molecular formula is C104H124O7P2. The zero-order chi connectivity index (χ0) is 83.5. The minimum atomic E-state index is -5.05. The second kappa shape index (κ2) is 36.2. The van der Waals surface area contributed by atoms with Crippen LogP contribution in [-0.4, -0.2) is 19.6 Å². The van der Waals surface area contributed by atoms with Crippen molar-refractivity contribution in [3.8, 4) is 89.0 Å². The van der Waals surface area contributed by atoms with Crippen molar-refractivity contribution in [1.29, 1.82) is 0 Å². The first-order valence-electron chi connectivity index (χ1n) is 39.4. The van der Waals surface area contributed by atoms with Gasteiger partial charge in [-0.05, 0) is 177 Å². The summed E-state index contributed by atoms with van der Waals surface area (Å²) in [5.41, 5.74) is 32.9. The van der Waals surface area contributed by atoms with Crippen LogP contribution in [0.15, 0.2) is 291 Å². The lowest BCUT2D eigenvalue weighted by Gasteiger charge is -2.27. The van der Waals surface area contributed by atoms with Crippen molar-refractivity contribution in [3.05, 3.63) is 336 Å². The zero-order valence-electron chi connectivity index (χ0n) is 71.6. The van der Waals surface area contributed by atoms with Crippen molar-refractivity contribution in [2.24, 2.45) is 0 Å². The van der Waals surface area contributed by atoms with E-state index in [2.05, 4.69) is 462 Å². The minimum absolute atomic E-state index is 0.106. The largest absolute Gasteiger partial charge is 0.478 e. The molecule has 592 valence electrons. The van der Waals surface area contributed by atoms with Gasteiger partial charge in [-0.25, -0.2) is 9.13 Å². The number of rotatable bonds is 10. The van der Waals surface area contributed by atoms with Crippen LogP contribution < -0.4 is 0 Å². The fourth-order valence-electron chi connectivity index (χ4n) is 13.6. The lowest BCUT2D eigenvalue weighted by Crippen LogP contribution is -2.17. The first-order chi connectivity index (χ1) is 52.3. The van der Waals surface area contributed by atoms with Crippen LogP contribution in [0.4, 0.5) is 0 Å². The summed E-state index contributed by atoms with van der Waals surface area (Å²) in [6, 6.07) is 106. The van der Waals surface area contributed by atoms with Gasteiger partial charge in [0.2, 0.25) is 0 Å². The van der Waals surface area contributed by atoms with Gasteiger partial charge in [-0.1, -0.05) is 457 Å². The van der Waals surface area contributed by atoms with Gasteiger partial charge < -0.3 is 19.6 Å². The topological polar surface area (TPSA) is 124 Å². The molecule has 12 rings (SSSR count). The maximum absolute atomic E-state index is 9.63. The predicted octanol–water partition coefficient (Wildman–Crippen LogP) is 29.7. The van der Waals surface area contributed by atoms with Crippen LogP contribution in [-0.2, 0) is 56.8 Å². The van der Waals surface area contributed by atoms with E-state index in [9.17, 15) is 9.13 Å². The Morgan fingerprint density at radius 1 is 0.186 bits per heavy atom. The standard InChI is InChI=1S/4C26H30.H4O7P2/c4*1-25(2,3)22-16-17-23(24(18-22)26(4,5)6)21-14-12-20(13-15-21)19-10-8-7-9-11-19;1-8(2,3)7-9(4,5)6/h4*7-18H,1-6H3;(H2,1,2,3)(H2,4,5,6). The van der Waals surface area contributed by atoms with Crippen molar-refractivity contribution in [3.63, 3.8) is 0 Å². The van der Waals surface area contributed by atoms with Gasteiger partial charge >= 0.3 is 15.6 Å². The third-order valence-electron chi connectivity index (χ3n) is 20.2. The molecule has 0 aromatic heterocycles. The fraction of sp³-hybridized carbons (Fsp3) is 0.308. The third kappa shape index (κ3) is 26.0. The summed E-state index contributed by atoms with van der Waals surface area (Å²) in [4.78, 5) is 31.0. The maximum atomic E-state index is 9.63. The van der Waals surface area contributed by atoms with Crippen LogP contribution in [0, 0.1) is 0 Å². The maximum Gasteiger partial charge on any atom is 0.478 e. The monoisotopic (exact) mass is 1550 g/mol. The number of hydrogen-bond donors (Lipinski definition) is 4. The molecule has 12 aromatic rings. The molecule has 12 aromatic carbocycles. The molecule has 9 heteroatoms. The quantitative estimate of drug-likeness (QED) is 0.101. The third-order valence-corrected chi connectivity index (χ3v) is 21.9. The van der Waals surface area contributed by atoms with Gasteiger partial charge in [0.05, 0.1) is 0 Å². The number of benzene rings is 12. The first kappa shape index (κ1) is 89.5. The molecule has 0 bridgehead atoms. The Labute approximate surface area is 678 Å². The SMILES string of the molecule is CC(C)(C)c1ccc(-c2ccc(-c3ccccc3)cc2)c(C(C)(C)C)c1.CC(C)(C)c1ccc(-c2ccc(-c3ccccc3)cc2)c(C(C)(C)C)c1.CC(C)(C)c1ccc(-c2ccc(-c3ccccc3)cc2)c(C(C)(C)C)c1.CC(C)(C)c1ccc(-c2ccc(-c3ccccc3)cc2)c(C(C)(C)C)c1.O=P(O)(O)OP(=O)(O)O. The highest BCUT2D eigenvalue weighted by atomic mass is 31.3. The van der Waals surface area contributed by atoms with Gasteiger partial charge in [0.25, 0.3) is 0 Å². The molecule has 0 fully saturated rings. The average molecular weight is 1550 g/mol. The highest BCUT2D eigenvalue weighted by molar-refractivity contribution is 7.60. The molecule has 0 heterocycles. The molecule has 0 atom stereocenters. The van der Waals surface area contributed by atoms with Crippen molar-refractivity contribution >= 4 is 15.6 Å². The fourth-order valence-corrected chi connectivity index (χ4v) is 14.7. The smallest absolute Gasteiger partial charge is 0.302 e. The summed E-state index contributed by atoms with van der Waals surface area (Å²) in [5.74, 6) is 0. The van der Waals surface area contributed by atoms with Gasteiger partial charge in [0.1, 0.15) is 0 Å². The summed E-state index contributed by atoms with van der Waals surface area (Å²) in [5, 5.41) is 0. The van der Waals surface area contributed by atoms with E-state index >= 15 is 0 Å². The van der Waals surface area contributed by atoms with Gasteiger partial charge in [-0.15, -0.1) is 0 Å². The molecule has 7 nitrogen and oxygen atoms in total. The summed E-state index contributed by atoms with van der Waals surface area (Å²) in [6.45, 7) is 55.0. The van der Waals surface area contributed by atoms with Crippen LogP contribution in [0.25, 0.3) is 89.0 Å². The highest BCUT2D eigenvalue weighted by Gasteiger charge is 2.30. The highest BCUT2D eigenvalue weighted by Crippen LogP contribution is 2.54. The van der Waals surface area contributed by atoms with E-state index in [1.165, 1.54) is 134 Å². The van der Waals surface area contributed by atoms with Crippen molar-refractivity contribution in [2.45, 2.75) is 209 Å². The number of phosphoric acid groups is 2. The molecule has 0 unspecified atom stereocenters. The molecular weight excluding hydrogens is 1420 g/mol. The molecule has 0 amide bonds. The zero-order valence-corrected chi connectivity index (χ0v) is 73.4. The average Bonchev–Trinajstić information content (AvgIpc) is 0.797. The predicted molar refractivity (Wildman–Crippen MR) is 484 cm³/mol. The van der Waals surface area contributed by atoms with Gasteiger partial charge in [-0.3, -0.25) is 0 Å². The van der Waals surface area contributed by atoms with E-state index in [4.69, 9.17) is 19.6 Å². The molecule has 0 saturated carbocycles. The van der Waals surface area contributed by atoms with E-state index < -0.39 is 15.6 Å². The van der Waals surface area contributed by atoms with Crippen LogP contribution in [0.5, 0.6) is 0 Å². The summed E-state index contributed by atoms with van der Waals surface area (Å²) in [7, 11) is -10.1. The Kier molecular flexibility index (Phi) is 28.6. The molecule has 0 saturated heterocycles. The van der Waals surface area contributed by atoms with Crippen LogP contribution >= 0.6 is 15.6 Å². The molecule has 0 radical (unpaired) electrons. The lowest BCUT2D eigenvalue weighted by molar-refractivity contribution is 0.225. The van der Waals surface area contributed by atoms with Crippen LogP contribution in [0.3, 0.4) is 0 Å². The van der Waals surface area contributed by atoms with E-state index in [0.717, 1.165) is 0 Å². The Morgan fingerprint density at radius 2 is 0.327 bits per heavy atom. The summed E-state index contributed by atoms with van der Waals surface area (Å²) < 4.78 is 22.2.